The number of anilines is 2. The number of thiazole rings is 1. The summed E-state index contributed by atoms with van der Waals surface area (Å²) in [6.07, 6.45) is 0. The van der Waals surface area contributed by atoms with Crippen LogP contribution in [0, 0.1) is 6.92 Å². The molecule has 0 saturated heterocycles. The molecule has 1 heterocycles. The van der Waals surface area contributed by atoms with Gasteiger partial charge < -0.3 is 10.4 Å². The van der Waals surface area contributed by atoms with Crippen LogP contribution >= 0.6 is 22.9 Å². The van der Waals surface area contributed by atoms with Gasteiger partial charge in [-0.2, -0.15) is 0 Å². The lowest BCUT2D eigenvalue weighted by atomic mass is 10.2. The van der Waals surface area contributed by atoms with E-state index in [-0.39, 0.29) is 5.69 Å². The van der Waals surface area contributed by atoms with Gasteiger partial charge in [-0.25, -0.2) is 9.78 Å². The van der Waals surface area contributed by atoms with E-state index >= 15 is 0 Å². The summed E-state index contributed by atoms with van der Waals surface area (Å²) in [4.78, 5) is 14.6. The zero-order valence-electron chi connectivity index (χ0n) is 8.90. The Morgan fingerprint density at radius 1 is 1.53 bits per heavy atom. The third-order valence-corrected chi connectivity index (χ3v) is 3.35. The molecule has 88 valence electrons. The number of aryl methyl sites for hydroxylation is 1. The second-order valence-corrected chi connectivity index (χ2v) is 4.69. The average molecular weight is 269 g/mol. The SMILES string of the molecule is Cc1ccc(Nc2scnc2C(=O)O)cc1Cl. The first-order valence-electron chi connectivity index (χ1n) is 4.78. The molecule has 0 atom stereocenters. The summed E-state index contributed by atoms with van der Waals surface area (Å²) in [5.74, 6) is -1.05. The summed E-state index contributed by atoms with van der Waals surface area (Å²) in [7, 11) is 0. The van der Waals surface area contributed by atoms with Gasteiger partial charge in [0.1, 0.15) is 5.00 Å². The Morgan fingerprint density at radius 3 is 2.94 bits per heavy atom. The molecule has 0 saturated carbocycles. The van der Waals surface area contributed by atoms with Crippen LogP contribution in [-0.4, -0.2) is 16.1 Å². The molecule has 4 nitrogen and oxygen atoms in total. The van der Waals surface area contributed by atoms with E-state index in [1.165, 1.54) is 16.8 Å². The number of aromatic nitrogens is 1. The molecule has 6 heteroatoms. The zero-order valence-corrected chi connectivity index (χ0v) is 10.5. The van der Waals surface area contributed by atoms with E-state index in [0.717, 1.165) is 11.3 Å². The molecule has 0 unspecified atom stereocenters. The van der Waals surface area contributed by atoms with Crippen LogP contribution in [0.1, 0.15) is 16.1 Å². The molecule has 0 aliphatic rings. The smallest absolute Gasteiger partial charge is 0.357 e. The quantitative estimate of drug-likeness (QED) is 0.894. The Morgan fingerprint density at radius 2 is 2.29 bits per heavy atom. The summed E-state index contributed by atoms with van der Waals surface area (Å²) in [6.45, 7) is 1.90. The van der Waals surface area contributed by atoms with Crippen LogP contribution in [0.2, 0.25) is 5.02 Å². The van der Waals surface area contributed by atoms with E-state index < -0.39 is 5.97 Å². The lowest BCUT2D eigenvalue weighted by molar-refractivity contribution is 0.0692. The van der Waals surface area contributed by atoms with Gasteiger partial charge in [-0.1, -0.05) is 17.7 Å². The highest BCUT2D eigenvalue weighted by Gasteiger charge is 2.13. The minimum atomic E-state index is -1.05. The summed E-state index contributed by atoms with van der Waals surface area (Å²) >= 11 is 7.22. The van der Waals surface area contributed by atoms with E-state index in [0.29, 0.717) is 10.0 Å². The molecule has 1 aromatic heterocycles. The van der Waals surface area contributed by atoms with Crippen LogP contribution in [0.25, 0.3) is 0 Å². The van der Waals surface area contributed by atoms with E-state index in [4.69, 9.17) is 16.7 Å². The Hall–Kier alpha value is -1.59. The first-order chi connectivity index (χ1) is 8.08. The summed E-state index contributed by atoms with van der Waals surface area (Å²) < 4.78 is 0. The fraction of sp³-hybridized carbons (Fsp3) is 0.0909. The van der Waals surface area contributed by atoms with Gasteiger partial charge in [-0.15, -0.1) is 11.3 Å². The molecule has 17 heavy (non-hydrogen) atoms. The largest absolute Gasteiger partial charge is 0.476 e. The van der Waals surface area contributed by atoms with Crippen molar-refractivity contribution in [1.29, 1.82) is 0 Å². The first kappa shape index (κ1) is 11.9. The first-order valence-corrected chi connectivity index (χ1v) is 6.03. The number of hydrogen-bond donors (Lipinski definition) is 2. The highest BCUT2D eigenvalue weighted by Crippen LogP contribution is 2.27. The lowest BCUT2D eigenvalue weighted by Gasteiger charge is -2.06. The third kappa shape index (κ3) is 2.57. The van der Waals surface area contributed by atoms with Crippen LogP contribution < -0.4 is 5.32 Å². The Bertz CT molecular complexity index is 568. The lowest BCUT2D eigenvalue weighted by Crippen LogP contribution is -2.01. The molecule has 2 aromatic rings. The predicted octanol–water partition coefficient (Wildman–Crippen LogP) is 3.55. The second kappa shape index (κ2) is 4.73. The van der Waals surface area contributed by atoms with Crippen LogP contribution in [-0.2, 0) is 0 Å². The number of halogens is 1. The normalized spacial score (nSPS) is 10.2. The van der Waals surface area contributed by atoms with Gasteiger partial charge >= 0.3 is 5.97 Å². The molecule has 2 rings (SSSR count). The molecule has 0 aliphatic heterocycles. The van der Waals surface area contributed by atoms with Crippen molar-refractivity contribution in [3.63, 3.8) is 0 Å². The summed E-state index contributed by atoms with van der Waals surface area (Å²) in [6, 6.07) is 5.46. The maximum absolute atomic E-state index is 10.9. The van der Waals surface area contributed by atoms with Crippen molar-refractivity contribution in [2.45, 2.75) is 6.92 Å². The maximum Gasteiger partial charge on any atom is 0.357 e. The van der Waals surface area contributed by atoms with Gasteiger partial charge in [0.2, 0.25) is 0 Å². The van der Waals surface area contributed by atoms with Gasteiger partial charge in [0.05, 0.1) is 5.51 Å². The van der Waals surface area contributed by atoms with Gasteiger partial charge in [0, 0.05) is 10.7 Å². The van der Waals surface area contributed by atoms with Crippen LogP contribution in [0.3, 0.4) is 0 Å². The number of rotatable bonds is 3. The molecule has 1 aromatic carbocycles. The predicted molar refractivity (Wildman–Crippen MR) is 68.5 cm³/mol. The van der Waals surface area contributed by atoms with Crippen molar-refractivity contribution in [2.75, 3.05) is 5.32 Å². The van der Waals surface area contributed by atoms with Crippen LogP contribution in [0.5, 0.6) is 0 Å². The van der Waals surface area contributed by atoms with Gasteiger partial charge in [-0.3, -0.25) is 0 Å². The molecule has 0 amide bonds. The van der Waals surface area contributed by atoms with Crippen LogP contribution in [0.15, 0.2) is 23.7 Å². The molecular weight excluding hydrogens is 260 g/mol. The Labute approximate surface area is 107 Å². The number of carbonyl (C=O) groups is 1. The van der Waals surface area contributed by atoms with Crippen LogP contribution in [0.4, 0.5) is 10.7 Å². The molecule has 0 aliphatic carbocycles. The molecule has 0 radical (unpaired) electrons. The van der Waals surface area contributed by atoms with E-state index in [2.05, 4.69) is 10.3 Å². The van der Waals surface area contributed by atoms with Crippen molar-refractivity contribution in [2.24, 2.45) is 0 Å². The number of nitrogens with one attached hydrogen (secondary N) is 1. The standard InChI is InChI=1S/C11H9ClN2O2S/c1-6-2-3-7(4-8(6)12)14-10-9(11(15)16)13-5-17-10/h2-5,14H,1H3,(H,15,16). The second-order valence-electron chi connectivity index (χ2n) is 3.42. The monoisotopic (exact) mass is 268 g/mol. The molecule has 0 spiro atoms. The van der Waals surface area contributed by atoms with Crippen molar-refractivity contribution in [3.8, 4) is 0 Å². The number of carboxylic acids is 1. The van der Waals surface area contributed by atoms with Crippen molar-refractivity contribution in [3.05, 3.63) is 40.0 Å². The van der Waals surface area contributed by atoms with Crippen molar-refractivity contribution >= 4 is 39.6 Å². The molecule has 0 fully saturated rings. The van der Waals surface area contributed by atoms with E-state index in [9.17, 15) is 4.79 Å². The fourth-order valence-corrected chi connectivity index (χ4v) is 2.16. The third-order valence-electron chi connectivity index (χ3n) is 2.20. The number of hydrogen-bond acceptors (Lipinski definition) is 4. The minimum absolute atomic E-state index is 0.0201. The number of aromatic carboxylic acids is 1. The van der Waals surface area contributed by atoms with Crippen molar-refractivity contribution < 1.29 is 9.90 Å². The fourth-order valence-electron chi connectivity index (χ4n) is 1.29. The van der Waals surface area contributed by atoms with E-state index in [1.807, 2.05) is 19.1 Å². The van der Waals surface area contributed by atoms with Crippen molar-refractivity contribution in [1.82, 2.24) is 4.98 Å². The van der Waals surface area contributed by atoms with Gasteiger partial charge in [0.25, 0.3) is 0 Å². The number of carboxylic acid groups (broad SMARTS) is 1. The molecule has 0 bridgehead atoms. The topological polar surface area (TPSA) is 62.2 Å². The average Bonchev–Trinajstić information content (AvgIpc) is 2.72. The summed E-state index contributed by atoms with van der Waals surface area (Å²) in [5, 5.41) is 13.0. The zero-order chi connectivity index (χ0) is 12.4. The molecule has 2 N–H and O–H groups in total. The minimum Gasteiger partial charge on any atom is -0.476 e. The number of benzene rings is 1. The van der Waals surface area contributed by atoms with Gasteiger partial charge in [0.15, 0.2) is 5.69 Å². The molecular formula is C11H9ClN2O2S. The Kier molecular flexibility index (Phi) is 3.31. The number of nitrogens with zero attached hydrogens (tertiary/aromatic N) is 1. The summed E-state index contributed by atoms with van der Waals surface area (Å²) in [5.41, 5.74) is 3.22. The highest BCUT2D eigenvalue weighted by atomic mass is 35.5. The highest BCUT2D eigenvalue weighted by molar-refractivity contribution is 7.14. The van der Waals surface area contributed by atoms with E-state index in [1.54, 1.807) is 6.07 Å². The van der Waals surface area contributed by atoms with Gasteiger partial charge in [-0.05, 0) is 24.6 Å². The Balaban J connectivity index is 2.28. The maximum atomic E-state index is 10.9.